The van der Waals surface area contributed by atoms with E-state index < -0.39 is 23.7 Å². The Bertz CT molecular complexity index is 962. The van der Waals surface area contributed by atoms with Crippen LogP contribution in [0.4, 0.5) is 19.1 Å². The Labute approximate surface area is 164 Å². The highest BCUT2D eigenvalue weighted by atomic mass is 19.4. The molecule has 3 heterocycles. The van der Waals surface area contributed by atoms with E-state index in [4.69, 9.17) is 9.47 Å². The summed E-state index contributed by atoms with van der Waals surface area (Å²) in [6, 6.07) is 11.6. The summed E-state index contributed by atoms with van der Waals surface area (Å²) in [6.07, 6.45) is -0.845. The van der Waals surface area contributed by atoms with Crippen LogP contribution in [0.15, 0.2) is 55.0 Å². The molecule has 1 fully saturated rings. The lowest BCUT2D eigenvalue weighted by Crippen LogP contribution is -2.39. The van der Waals surface area contributed by atoms with Gasteiger partial charge in [-0.05, 0) is 28.8 Å². The van der Waals surface area contributed by atoms with E-state index in [0.29, 0.717) is 6.54 Å². The van der Waals surface area contributed by atoms with Crippen molar-refractivity contribution in [2.45, 2.75) is 18.8 Å². The van der Waals surface area contributed by atoms with E-state index in [1.165, 1.54) is 0 Å². The average molecular weight is 402 g/mol. The van der Waals surface area contributed by atoms with Crippen molar-refractivity contribution in [3.8, 4) is 17.0 Å². The van der Waals surface area contributed by atoms with E-state index in [1.54, 1.807) is 12.4 Å². The number of pyridine rings is 1. The summed E-state index contributed by atoms with van der Waals surface area (Å²) in [5.74, 6) is -0.428. The Morgan fingerprint density at radius 2 is 1.72 bits per heavy atom. The lowest BCUT2D eigenvalue weighted by atomic mass is 10.1. The van der Waals surface area contributed by atoms with Crippen LogP contribution < -0.4 is 10.1 Å². The summed E-state index contributed by atoms with van der Waals surface area (Å²) in [5, 5.41) is 2.94. The van der Waals surface area contributed by atoms with Crippen LogP contribution in [0.2, 0.25) is 0 Å². The van der Waals surface area contributed by atoms with Gasteiger partial charge in [0.15, 0.2) is 0 Å². The van der Waals surface area contributed by atoms with Crippen molar-refractivity contribution in [1.82, 2.24) is 15.0 Å². The molecule has 0 unspecified atom stereocenters. The second kappa shape index (κ2) is 8.04. The molecule has 6 nitrogen and oxygen atoms in total. The predicted octanol–water partition coefficient (Wildman–Crippen LogP) is 3.95. The fourth-order valence-corrected chi connectivity index (χ4v) is 2.72. The van der Waals surface area contributed by atoms with Crippen molar-refractivity contribution < 1.29 is 22.6 Å². The summed E-state index contributed by atoms with van der Waals surface area (Å²) < 4.78 is 49.8. The maximum atomic E-state index is 13.2. The van der Waals surface area contributed by atoms with Crippen LogP contribution in [0.5, 0.6) is 5.88 Å². The monoisotopic (exact) mass is 402 g/mol. The lowest BCUT2D eigenvalue weighted by Gasteiger charge is -2.27. The Balaban J connectivity index is 1.45. The van der Waals surface area contributed by atoms with Crippen LogP contribution in [0.3, 0.4) is 0 Å². The third kappa shape index (κ3) is 4.62. The Kier molecular flexibility index (Phi) is 5.30. The number of aromatic nitrogens is 3. The number of halogens is 3. The molecule has 1 aliphatic rings. The third-order valence-corrected chi connectivity index (χ3v) is 4.36. The summed E-state index contributed by atoms with van der Waals surface area (Å²) in [7, 11) is 0. The summed E-state index contributed by atoms with van der Waals surface area (Å²) in [5.41, 5.74) is 2.02. The van der Waals surface area contributed by atoms with Crippen LogP contribution in [0.1, 0.15) is 11.1 Å². The van der Waals surface area contributed by atoms with Gasteiger partial charge in [0.1, 0.15) is 11.7 Å². The number of rotatable bonds is 6. The molecule has 0 spiro atoms. The van der Waals surface area contributed by atoms with Gasteiger partial charge in [-0.2, -0.15) is 18.2 Å². The van der Waals surface area contributed by atoms with Crippen molar-refractivity contribution in [2.24, 2.45) is 0 Å². The molecule has 1 aliphatic heterocycles. The maximum Gasteiger partial charge on any atom is 0.423 e. The normalized spacial score (nSPS) is 14.3. The number of alkyl halides is 3. The van der Waals surface area contributed by atoms with Crippen molar-refractivity contribution in [3.05, 3.63) is 66.1 Å². The minimum absolute atomic E-state index is 0.0615. The lowest BCUT2D eigenvalue weighted by molar-refractivity contribution is -0.142. The molecule has 2 aromatic heterocycles. The molecule has 0 bridgehead atoms. The summed E-state index contributed by atoms with van der Waals surface area (Å²) >= 11 is 0. The van der Waals surface area contributed by atoms with Gasteiger partial charge in [-0.25, -0.2) is 4.98 Å². The average Bonchev–Trinajstić information content (AvgIpc) is 2.69. The predicted molar refractivity (Wildman–Crippen MR) is 99.3 cm³/mol. The summed E-state index contributed by atoms with van der Waals surface area (Å²) in [6.45, 7) is 0.843. The molecular formula is C20H17F3N4O2. The van der Waals surface area contributed by atoms with E-state index >= 15 is 0 Å². The molecule has 0 aliphatic carbocycles. The van der Waals surface area contributed by atoms with Gasteiger partial charge in [-0.15, -0.1) is 0 Å². The molecule has 150 valence electrons. The second-order valence-electron chi connectivity index (χ2n) is 6.47. The first-order valence-corrected chi connectivity index (χ1v) is 8.91. The molecule has 3 aromatic rings. The zero-order chi connectivity index (χ0) is 20.3. The molecule has 1 N–H and O–H groups in total. The molecule has 1 saturated heterocycles. The van der Waals surface area contributed by atoms with Crippen LogP contribution in [0.25, 0.3) is 11.1 Å². The number of ether oxygens (including phenoxy) is 2. The van der Waals surface area contributed by atoms with Crippen molar-refractivity contribution in [3.63, 3.8) is 0 Å². The molecule has 0 atom stereocenters. The Morgan fingerprint density at radius 3 is 2.34 bits per heavy atom. The minimum Gasteiger partial charge on any atom is -0.469 e. The molecule has 0 saturated carbocycles. The number of hydrogen-bond acceptors (Lipinski definition) is 6. The maximum absolute atomic E-state index is 13.2. The topological polar surface area (TPSA) is 69.2 Å². The smallest absolute Gasteiger partial charge is 0.423 e. The van der Waals surface area contributed by atoms with Gasteiger partial charge < -0.3 is 14.8 Å². The van der Waals surface area contributed by atoms with E-state index in [0.717, 1.165) is 22.9 Å². The molecule has 29 heavy (non-hydrogen) atoms. The Morgan fingerprint density at radius 1 is 1.03 bits per heavy atom. The summed E-state index contributed by atoms with van der Waals surface area (Å²) in [4.78, 5) is 11.7. The third-order valence-electron chi connectivity index (χ3n) is 4.36. The number of nitrogens with one attached hydrogen (secondary N) is 1. The number of benzene rings is 1. The van der Waals surface area contributed by atoms with Gasteiger partial charge in [0.2, 0.25) is 11.8 Å². The molecule has 1 aromatic carbocycles. The largest absolute Gasteiger partial charge is 0.469 e. The van der Waals surface area contributed by atoms with Gasteiger partial charge in [-0.3, -0.25) is 4.98 Å². The van der Waals surface area contributed by atoms with Gasteiger partial charge in [-0.1, -0.05) is 24.3 Å². The second-order valence-corrected chi connectivity index (χ2v) is 6.47. The first-order valence-electron chi connectivity index (χ1n) is 8.91. The van der Waals surface area contributed by atoms with Gasteiger partial charge in [0, 0.05) is 25.1 Å². The van der Waals surface area contributed by atoms with Crippen LogP contribution in [-0.4, -0.2) is 34.3 Å². The number of nitrogens with zero attached hydrogens (tertiary/aromatic N) is 3. The van der Waals surface area contributed by atoms with E-state index in [-0.39, 0.29) is 19.2 Å². The first-order chi connectivity index (χ1) is 14.0. The molecule has 9 heteroatoms. The van der Waals surface area contributed by atoms with Crippen molar-refractivity contribution >= 4 is 5.95 Å². The fourth-order valence-electron chi connectivity index (χ4n) is 2.72. The van der Waals surface area contributed by atoms with Gasteiger partial charge in [0.25, 0.3) is 0 Å². The van der Waals surface area contributed by atoms with E-state index in [9.17, 15) is 13.2 Å². The molecular weight excluding hydrogens is 385 g/mol. The van der Waals surface area contributed by atoms with E-state index in [2.05, 4.69) is 20.3 Å². The van der Waals surface area contributed by atoms with Crippen LogP contribution in [0, 0.1) is 0 Å². The number of hydrogen-bond donors (Lipinski definition) is 1. The highest BCUT2D eigenvalue weighted by Gasteiger charge is 2.37. The minimum atomic E-state index is -4.60. The van der Waals surface area contributed by atoms with Crippen molar-refractivity contribution in [2.75, 3.05) is 18.5 Å². The van der Waals surface area contributed by atoms with E-state index in [1.807, 2.05) is 36.4 Å². The molecule has 4 rings (SSSR count). The SMILES string of the molecule is FC(F)(F)c1cnc(NCc2ccc(-c3ccncc3)cc2)nc1OC1COC1. The van der Waals surface area contributed by atoms with Gasteiger partial charge in [0.05, 0.1) is 13.2 Å². The van der Waals surface area contributed by atoms with Crippen LogP contribution in [-0.2, 0) is 17.5 Å². The molecule has 0 radical (unpaired) electrons. The quantitative estimate of drug-likeness (QED) is 0.674. The highest BCUT2D eigenvalue weighted by Crippen LogP contribution is 2.35. The zero-order valence-corrected chi connectivity index (χ0v) is 15.2. The number of anilines is 1. The molecule has 0 amide bonds. The standard InChI is InChI=1S/C20H17F3N4O2/c21-20(22,23)17-10-26-19(27-18(17)29-16-11-28-12-16)25-9-13-1-3-14(4-2-13)15-5-7-24-8-6-15/h1-8,10,16H,9,11-12H2,(H,25,26,27). The highest BCUT2D eigenvalue weighted by molar-refractivity contribution is 5.62. The van der Waals surface area contributed by atoms with Crippen molar-refractivity contribution in [1.29, 1.82) is 0 Å². The zero-order valence-electron chi connectivity index (χ0n) is 15.2. The fraction of sp³-hybridized carbons (Fsp3) is 0.250. The Hall–Kier alpha value is -3.20. The first kappa shape index (κ1) is 19.1. The van der Waals surface area contributed by atoms with Gasteiger partial charge >= 0.3 is 6.18 Å². The van der Waals surface area contributed by atoms with Crippen LogP contribution >= 0.6 is 0 Å².